The van der Waals surface area contributed by atoms with Crippen LogP contribution in [-0.4, -0.2) is 21.5 Å². The molecule has 4 aliphatic rings. The summed E-state index contributed by atoms with van der Waals surface area (Å²) in [6.07, 6.45) is 4.99. The zero-order valence-corrected chi connectivity index (χ0v) is 41.9. The van der Waals surface area contributed by atoms with E-state index in [1.807, 2.05) is 0 Å². The summed E-state index contributed by atoms with van der Waals surface area (Å²) in [6, 6.07) is 37.3. The van der Waals surface area contributed by atoms with E-state index in [2.05, 4.69) is 209 Å². The number of anilines is 1. The molecule has 0 spiro atoms. The Balaban J connectivity index is 1.25. The molecule has 3 nitrogen and oxygen atoms in total. The van der Waals surface area contributed by atoms with E-state index in [9.17, 15) is 0 Å². The van der Waals surface area contributed by atoms with Gasteiger partial charge in [-0.3, -0.25) is 0 Å². The fraction of sp³-hybridized carbons (Fsp3) is 0.410. The number of aryl methyl sites for hydroxylation is 1. The van der Waals surface area contributed by atoms with E-state index in [0.29, 0.717) is 0 Å². The predicted octanol–water partition coefficient (Wildman–Crippen LogP) is 14.9. The molecule has 0 amide bonds. The van der Waals surface area contributed by atoms with E-state index in [1.54, 1.807) is 5.56 Å². The lowest BCUT2D eigenvalue weighted by Crippen LogP contribution is -2.70. The highest BCUT2D eigenvalue weighted by Gasteiger charge is 2.63. The van der Waals surface area contributed by atoms with Gasteiger partial charge in [0.15, 0.2) is 0 Å². The molecule has 0 saturated heterocycles. The van der Waals surface area contributed by atoms with Gasteiger partial charge in [-0.05, 0) is 153 Å². The van der Waals surface area contributed by atoms with Crippen LogP contribution in [0.2, 0.25) is 0 Å². The van der Waals surface area contributed by atoms with Gasteiger partial charge in [0.1, 0.15) is 0 Å². The summed E-state index contributed by atoms with van der Waals surface area (Å²) in [5.41, 5.74) is 23.8. The standard InChI is InChI=1S/C61H68BN3/c1-35-26-44-46-29-38(58(8,9)10)31-47-54(46)65(61(15)25-17-16-24-60(47,61)14)62-48-32-39(59(11,12)13)30-45-43-34-50-42(33-51(43)64(55(45)48)52(27-35)53(44)62)41-28-37(57(5,6)7)20-23-49(41)63(50)40-21-18-36(19-22-40)56(2,3)4/h18-23,26-34H,16-17,24-25H2,1-15H3. The Bertz CT molecular complexity index is 3400. The molecule has 3 aliphatic heterocycles. The molecular weight excluding hydrogens is 786 g/mol. The van der Waals surface area contributed by atoms with Crippen molar-refractivity contribution in [2.24, 2.45) is 0 Å². The van der Waals surface area contributed by atoms with Crippen molar-refractivity contribution in [1.29, 1.82) is 0 Å². The van der Waals surface area contributed by atoms with Crippen LogP contribution in [0.25, 0.3) is 66.1 Å². The highest BCUT2D eigenvalue weighted by Crippen LogP contribution is 2.63. The molecule has 330 valence electrons. The maximum absolute atomic E-state index is 3.01. The largest absolute Gasteiger partial charge is 0.400 e. The lowest BCUT2D eigenvalue weighted by molar-refractivity contribution is 0.199. The molecule has 1 aliphatic carbocycles. The molecule has 8 aromatic rings. The van der Waals surface area contributed by atoms with Gasteiger partial charge in [0.05, 0.1) is 22.1 Å². The molecule has 2 unspecified atom stereocenters. The Morgan fingerprint density at radius 3 is 1.74 bits per heavy atom. The van der Waals surface area contributed by atoms with Gasteiger partial charge in [0.2, 0.25) is 0 Å². The maximum atomic E-state index is 3.01. The first-order valence-corrected chi connectivity index (χ1v) is 24.8. The van der Waals surface area contributed by atoms with Crippen LogP contribution in [0.5, 0.6) is 0 Å². The van der Waals surface area contributed by atoms with Gasteiger partial charge in [-0.15, -0.1) is 0 Å². The molecule has 1 saturated carbocycles. The van der Waals surface area contributed by atoms with Crippen molar-refractivity contribution in [3.63, 3.8) is 0 Å². The molecule has 2 atom stereocenters. The van der Waals surface area contributed by atoms with E-state index in [-0.39, 0.29) is 39.5 Å². The van der Waals surface area contributed by atoms with Crippen molar-refractivity contribution in [3.05, 3.63) is 124 Å². The summed E-state index contributed by atoms with van der Waals surface area (Å²) in [5.74, 6) is 0. The minimum Gasteiger partial charge on any atom is -0.400 e. The first kappa shape index (κ1) is 41.2. The van der Waals surface area contributed by atoms with Crippen molar-refractivity contribution in [2.75, 3.05) is 4.81 Å². The van der Waals surface area contributed by atoms with Crippen LogP contribution in [0.3, 0.4) is 0 Å². The second-order valence-corrected chi connectivity index (χ2v) is 25.5. The fourth-order valence-electron chi connectivity index (χ4n) is 13.2. The van der Waals surface area contributed by atoms with Gasteiger partial charge in [-0.2, -0.15) is 0 Å². The second-order valence-electron chi connectivity index (χ2n) is 25.5. The van der Waals surface area contributed by atoms with Crippen LogP contribution in [0.1, 0.15) is 156 Å². The quantitative estimate of drug-likeness (QED) is 0.150. The monoisotopic (exact) mass is 854 g/mol. The van der Waals surface area contributed by atoms with Crippen molar-refractivity contribution in [3.8, 4) is 22.5 Å². The van der Waals surface area contributed by atoms with Crippen molar-refractivity contribution in [1.82, 2.24) is 9.13 Å². The SMILES string of the molecule is Cc1cc2c3c(c1)-n1c4cc5c6cc(C(C)(C)C)ccc6n(-c6ccc(C(C)(C)C)cc6)c5cc4c4cc(C(C)(C)C)cc(c41)B3N1c3c-2cc(C(C)(C)C)cc3C2(C)CCCCC12C. The van der Waals surface area contributed by atoms with Crippen molar-refractivity contribution in [2.45, 2.75) is 162 Å². The number of fused-ring (bicyclic) bond motifs is 13. The number of nitrogens with zero attached hydrogens (tertiary/aromatic N) is 3. The maximum Gasteiger partial charge on any atom is 0.328 e. The van der Waals surface area contributed by atoms with Gasteiger partial charge in [0, 0.05) is 55.1 Å². The number of aromatic nitrogens is 2. The first-order chi connectivity index (χ1) is 30.4. The molecule has 0 radical (unpaired) electrons. The second kappa shape index (κ2) is 12.6. The van der Waals surface area contributed by atoms with Crippen LogP contribution >= 0.6 is 0 Å². The molecule has 0 bridgehead atoms. The van der Waals surface area contributed by atoms with Crippen molar-refractivity contribution < 1.29 is 0 Å². The topological polar surface area (TPSA) is 13.1 Å². The van der Waals surface area contributed by atoms with Gasteiger partial charge in [-0.1, -0.05) is 139 Å². The highest BCUT2D eigenvalue weighted by molar-refractivity contribution is 6.93. The number of hydrogen-bond acceptors (Lipinski definition) is 1. The Morgan fingerprint density at radius 2 is 1.08 bits per heavy atom. The predicted molar refractivity (Wildman–Crippen MR) is 282 cm³/mol. The Hall–Kier alpha value is -5.22. The number of rotatable bonds is 1. The minimum absolute atomic E-state index is 0.0222. The summed E-state index contributed by atoms with van der Waals surface area (Å²) in [7, 11) is 0. The molecule has 12 rings (SSSR count). The van der Waals surface area contributed by atoms with Gasteiger partial charge in [-0.25, -0.2) is 0 Å². The molecule has 0 N–H and O–H groups in total. The Kier molecular flexibility index (Phi) is 8.00. The van der Waals surface area contributed by atoms with E-state index in [0.717, 1.165) is 0 Å². The summed E-state index contributed by atoms with van der Waals surface area (Å²) in [4.78, 5) is 3.01. The third-order valence-corrected chi connectivity index (χ3v) is 17.3. The Morgan fingerprint density at radius 1 is 0.508 bits per heavy atom. The fourth-order valence-corrected chi connectivity index (χ4v) is 13.2. The smallest absolute Gasteiger partial charge is 0.328 e. The third-order valence-electron chi connectivity index (χ3n) is 17.3. The summed E-state index contributed by atoms with van der Waals surface area (Å²) < 4.78 is 5.27. The Labute approximate surface area is 388 Å². The normalized spacial score (nSPS) is 20.4. The lowest BCUT2D eigenvalue weighted by Gasteiger charge is -2.54. The van der Waals surface area contributed by atoms with E-state index >= 15 is 0 Å². The molecule has 5 heterocycles. The van der Waals surface area contributed by atoms with Crippen LogP contribution < -0.4 is 15.7 Å². The van der Waals surface area contributed by atoms with E-state index < -0.39 is 0 Å². The third kappa shape index (κ3) is 5.38. The van der Waals surface area contributed by atoms with Crippen LogP contribution in [0.15, 0.2) is 91.0 Å². The average Bonchev–Trinajstić information content (AvgIpc) is 3.80. The van der Waals surface area contributed by atoms with Gasteiger partial charge in [0.25, 0.3) is 0 Å². The summed E-state index contributed by atoms with van der Waals surface area (Å²) >= 11 is 0. The molecule has 1 fully saturated rings. The van der Waals surface area contributed by atoms with Crippen molar-refractivity contribution >= 4 is 67.1 Å². The molecule has 65 heavy (non-hydrogen) atoms. The van der Waals surface area contributed by atoms with Gasteiger partial charge < -0.3 is 13.9 Å². The minimum atomic E-state index is -0.0414. The van der Waals surface area contributed by atoms with Crippen LogP contribution in [0.4, 0.5) is 5.69 Å². The lowest BCUT2D eigenvalue weighted by atomic mass is 9.42. The molecule has 6 aromatic carbocycles. The molecular formula is C61H68BN3. The first-order valence-electron chi connectivity index (χ1n) is 24.8. The van der Waals surface area contributed by atoms with Crippen LogP contribution in [-0.2, 0) is 27.1 Å². The zero-order chi connectivity index (χ0) is 45.9. The summed E-state index contributed by atoms with van der Waals surface area (Å²) in [5, 5.41) is 5.34. The molecule has 2 aromatic heterocycles. The van der Waals surface area contributed by atoms with E-state index in [4.69, 9.17) is 0 Å². The average molecular weight is 854 g/mol. The van der Waals surface area contributed by atoms with Crippen LogP contribution in [0, 0.1) is 6.92 Å². The van der Waals surface area contributed by atoms with Gasteiger partial charge >= 0.3 is 6.85 Å². The molecule has 4 heteroatoms. The number of hydrogen-bond donors (Lipinski definition) is 0. The van der Waals surface area contributed by atoms with E-state index in [1.165, 1.54) is 136 Å². The zero-order valence-electron chi connectivity index (χ0n) is 41.9. The number of benzene rings is 6. The summed E-state index contributed by atoms with van der Waals surface area (Å²) in [6.45, 7) is 36.1. The highest BCUT2D eigenvalue weighted by atomic mass is 15.2.